The molecular formula is C21H43NO2. The van der Waals surface area contributed by atoms with Gasteiger partial charge in [0, 0.05) is 6.42 Å². The lowest BCUT2D eigenvalue weighted by Crippen LogP contribution is -1.93. The highest BCUT2D eigenvalue weighted by molar-refractivity contribution is 5.66. The summed E-state index contributed by atoms with van der Waals surface area (Å²) in [5.74, 6) is -0.664. The smallest absolute Gasteiger partial charge is 0.303 e. The number of carboxylic acid groups (broad SMARTS) is 1. The van der Waals surface area contributed by atoms with Crippen molar-refractivity contribution in [2.75, 3.05) is 6.54 Å². The van der Waals surface area contributed by atoms with Gasteiger partial charge in [-0.2, -0.15) is 0 Å². The number of rotatable bonds is 16. The molecule has 3 N–H and O–H groups in total. The van der Waals surface area contributed by atoms with Crippen molar-refractivity contribution in [3.8, 4) is 0 Å². The minimum Gasteiger partial charge on any atom is -0.481 e. The fraction of sp³-hybridized carbons (Fsp3) is 0.857. The molecule has 0 bridgehead atoms. The molecule has 0 saturated carbocycles. The number of carboxylic acids is 1. The van der Waals surface area contributed by atoms with Crippen molar-refractivity contribution in [2.24, 2.45) is 5.73 Å². The SMILES string of the molecule is CCCCCCCC/C=C\CCCCCCCC(=O)O.CCCN. The Morgan fingerprint density at radius 3 is 1.58 bits per heavy atom. The molecular weight excluding hydrogens is 298 g/mol. The zero-order valence-corrected chi connectivity index (χ0v) is 16.4. The fourth-order valence-electron chi connectivity index (χ4n) is 2.35. The van der Waals surface area contributed by atoms with E-state index in [1.807, 2.05) is 0 Å². The second-order valence-corrected chi connectivity index (χ2v) is 6.52. The standard InChI is InChI=1S/C18H34O2.C3H9N/c1-2-3-4-5-6-7-8-9-10-11-12-13-14-15-16-17-18(19)20;1-2-3-4/h9-10H,2-8,11-17H2,1H3,(H,19,20);2-4H2,1H3/b10-9-;. The molecule has 24 heavy (non-hydrogen) atoms. The number of aliphatic carboxylic acids is 1. The summed E-state index contributed by atoms with van der Waals surface area (Å²) in [4.78, 5) is 10.3. The Labute approximate surface area is 151 Å². The van der Waals surface area contributed by atoms with Crippen LogP contribution in [0.25, 0.3) is 0 Å². The monoisotopic (exact) mass is 341 g/mol. The van der Waals surface area contributed by atoms with Crippen molar-refractivity contribution in [1.82, 2.24) is 0 Å². The molecule has 0 aliphatic rings. The predicted octanol–water partition coefficient (Wildman–Crippen LogP) is 6.46. The highest BCUT2D eigenvalue weighted by atomic mass is 16.4. The van der Waals surface area contributed by atoms with Gasteiger partial charge in [-0.3, -0.25) is 4.79 Å². The molecule has 0 heterocycles. The normalized spacial score (nSPS) is 10.6. The molecule has 3 heteroatoms. The summed E-state index contributed by atoms with van der Waals surface area (Å²) < 4.78 is 0. The van der Waals surface area contributed by atoms with Crippen LogP contribution in [0.5, 0.6) is 0 Å². The first kappa shape index (κ1) is 25.4. The molecule has 0 aromatic rings. The third kappa shape index (κ3) is 29.2. The molecule has 0 aromatic carbocycles. The van der Waals surface area contributed by atoms with E-state index in [9.17, 15) is 4.79 Å². The molecule has 0 fully saturated rings. The first-order valence-corrected chi connectivity index (χ1v) is 10.3. The summed E-state index contributed by atoms with van der Waals surface area (Å²) in [6.07, 6.45) is 22.3. The van der Waals surface area contributed by atoms with Crippen LogP contribution >= 0.6 is 0 Å². The second-order valence-electron chi connectivity index (χ2n) is 6.52. The zero-order valence-electron chi connectivity index (χ0n) is 16.4. The zero-order chi connectivity index (χ0) is 18.3. The lowest BCUT2D eigenvalue weighted by Gasteiger charge is -1.99. The highest BCUT2D eigenvalue weighted by Gasteiger charge is 1.95. The van der Waals surface area contributed by atoms with Crippen LogP contribution < -0.4 is 5.73 Å². The van der Waals surface area contributed by atoms with E-state index >= 15 is 0 Å². The largest absolute Gasteiger partial charge is 0.481 e. The van der Waals surface area contributed by atoms with Gasteiger partial charge in [0.1, 0.15) is 0 Å². The van der Waals surface area contributed by atoms with E-state index in [1.54, 1.807) is 0 Å². The van der Waals surface area contributed by atoms with E-state index in [-0.39, 0.29) is 0 Å². The van der Waals surface area contributed by atoms with Crippen molar-refractivity contribution in [2.45, 2.75) is 110 Å². The molecule has 0 saturated heterocycles. The number of allylic oxidation sites excluding steroid dienone is 2. The molecule has 0 spiro atoms. The molecule has 3 nitrogen and oxygen atoms in total. The van der Waals surface area contributed by atoms with Gasteiger partial charge in [0.25, 0.3) is 0 Å². The number of hydrogen-bond donors (Lipinski definition) is 2. The third-order valence-corrected chi connectivity index (χ3v) is 3.94. The van der Waals surface area contributed by atoms with E-state index in [0.717, 1.165) is 25.8 Å². The van der Waals surface area contributed by atoms with Gasteiger partial charge in [-0.05, 0) is 45.1 Å². The summed E-state index contributed by atoms with van der Waals surface area (Å²) in [5, 5.41) is 8.51. The molecule has 0 aliphatic heterocycles. The van der Waals surface area contributed by atoms with Crippen LogP contribution in [-0.2, 0) is 4.79 Å². The Kier molecular flexibility index (Phi) is 25.9. The molecule has 0 unspecified atom stereocenters. The van der Waals surface area contributed by atoms with E-state index in [2.05, 4.69) is 26.0 Å². The fourth-order valence-corrected chi connectivity index (χ4v) is 2.35. The van der Waals surface area contributed by atoms with Crippen molar-refractivity contribution < 1.29 is 9.90 Å². The van der Waals surface area contributed by atoms with Gasteiger partial charge in [0.2, 0.25) is 0 Å². The Morgan fingerprint density at radius 2 is 1.17 bits per heavy atom. The molecule has 144 valence electrons. The number of hydrogen-bond acceptors (Lipinski definition) is 2. The van der Waals surface area contributed by atoms with Crippen molar-refractivity contribution >= 4 is 5.97 Å². The van der Waals surface area contributed by atoms with Gasteiger partial charge >= 0.3 is 5.97 Å². The van der Waals surface area contributed by atoms with Gasteiger partial charge < -0.3 is 10.8 Å². The van der Waals surface area contributed by atoms with E-state index in [4.69, 9.17) is 10.8 Å². The van der Waals surface area contributed by atoms with Crippen LogP contribution in [0.2, 0.25) is 0 Å². The van der Waals surface area contributed by atoms with Gasteiger partial charge in [-0.25, -0.2) is 0 Å². The summed E-state index contributed by atoms with van der Waals surface area (Å²) in [6.45, 7) is 5.13. The van der Waals surface area contributed by atoms with Crippen LogP contribution in [0.1, 0.15) is 110 Å². The molecule has 0 aromatic heterocycles. The van der Waals surface area contributed by atoms with Crippen molar-refractivity contribution in [3.05, 3.63) is 12.2 Å². The molecule has 0 rings (SSSR count). The van der Waals surface area contributed by atoms with E-state index in [1.165, 1.54) is 70.6 Å². The number of carbonyl (C=O) groups is 1. The van der Waals surface area contributed by atoms with Gasteiger partial charge in [0.15, 0.2) is 0 Å². The van der Waals surface area contributed by atoms with Crippen molar-refractivity contribution in [1.29, 1.82) is 0 Å². The molecule has 0 aliphatic carbocycles. The Bertz CT molecular complexity index is 263. The second kappa shape index (κ2) is 24.4. The maximum Gasteiger partial charge on any atom is 0.303 e. The lowest BCUT2D eigenvalue weighted by molar-refractivity contribution is -0.137. The van der Waals surface area contributed by atoms with Crippen molar-refractivity contribution in [3.63, 3.8) is 0 Å². The highest BCUT2D eigenvalue weighted by Crippen LogP contribution is 2.09. The molecule has 0 atom stereocenters. The lowest BCUT2D eigenvalue weighted by atomic mass is 10.1. The Hall–Kier alpha value is -0.830. The maximum absolute atomic E-state index is 10.3. The number of unbranched alkanes of at least 4 members (excludes halogenated alkanes) is 11. The average molecular weight is 342 g/mol. The minimum absolute atomic E-state index is 0.332. The van der Waals surface area contributed by atoms with Crippen LogP contribution in [0.4, 0.5) is 0 Å². The quantitative estimate of drug-likeness (QED) is 0.250. The Balaban J connectivity index is 0. The summed E-state index contributed by atoms with van der Waals surface area (Å²) in [5.41, 5.74) is 5.03. The summed E-state index contributed by atoms with van der Waals surface area (Å²) in [7, 11) is 0. The first-order valence-electron chi connectivity index (χ1n) is 10.3. The number of nitrogens with two attached hydrogens (primary N) is 1. The van der Waals surface area contributed by atoms with Crippen LogP contribution in [0, 0.1) is 0 Å². The summed E-state index contributed by atoms with van der Waals surface area (Å²) in [6, 6.07) is 0. The van der Waals surface area contributed by atoms with Gasteiger partial charge in [0.05, 0.1) is 0 Å². The van der Waals surface area contributed by atoms with E-state index in [0.29, 0.717) is 6.42 Å². The third-order valence-electron chi connectivity index (χ3n) is 3.94. The molecule has 0 radical (unpaired) electrons. The molecule has 0 amide bonds. The summed E-state index contributed by atoms with van der Waals surface area (Å²) >= 11 is 0. The van der Waals surface area contributed by atoms with Gasteiger partial charge in [-0.15, -0.1) is 0 Å². The first-order chi connectivity index (χ1) is 11.7. The van der Waals surface area contributed by atoms with Gasteiger partial charge in [-0.1, -0.05) is 77.4 Å². The van der Waals surface area contributed by atoms with E-state index < -0.39 is 5.97 Å². The minimum atomic E-state index is -0.664. The Morgan fingerprint density at radius 1 is 0.750 bits per heavy atom. The maximum atomic E-state index is 10.3. The van der Waals surface area contributed by atoms with Crippen LogP contribution in [-0.4, -0.2) is 17.6 Å². The van der Waals surface area contributed by atoms with Crippen LogP contribution in [0.15, 0.2) is 12.2 Å². The average Bonchev–Trinajstić information content (AvgIpc) is 2.58. The topological polar surface area (TPSA) is 63.3 Å². The predicted molar refractivity (Wildman–Crippen MR) is 106 cm³/mol. The van der Waals surface area contributed by atoms with Crippen LogP contribution in [0.3, 0.4) is 0 Å².